The number of likely N-dealkylation sites (tertiary alicyclic amines) is 1. The van der Waals surface area contributed by atoms with Crippen LogP contribution < -0.4 is 5.32 Å². The third-order valence-electron chi connectivity index (χ3n) is 3.93. The van der Waals surface area contributed by atoms with Crippen molar-refractivity contribution in [2.45, 2.75) is 37.1 Å². The van der Waals surface area contributed by atoms with Gasteiger partial charge in [-0.3, -0.25) is 0 Å². The molecule has 1 fully saturated rings. The molecule has 2 rings (SSSR count). The summed E-state index contributed by atoms with van der Waals surface area (Å²) in [7, 11) is -0.388. The molecule has 0 aromatic heterocycles. The number of sulfonamides is 1. The lowest BCUT2D eigenvalue weighted by Crippen LogP contribution is -2.44. The van der Waals surface area contributed by atoms with Gasteiger partial charge in [0.05, 0.1) is 4.90 Å². The molecule has 0 bridgehead atoms. The van der Waals surface area contributed by atoms with Crippen molar-refractivity contribution in [3.63, 3.8) is 0 Å². The largest absolute Gasteiger partial charge is 0.346 e. The third-order valence-corrected chi connectivity index (χ3v) is 6.08. The van der Waals surface area contributed by atoms with Crippen molar-refractivity contribution in [1.29, 1.82) is 0 Å². The van der Waals surface area contributed by atoms with E-state index in [9.17, 15) is 8.42 Å². The van der Waals surface area contributed by atoms with E-state index in [-0.39, 0.29) is 4.90 Å². The first kappa shape index (κ1) is 17.2. The van der Waals surface area contributed by atoms with Gasteiger partial charge in [0, 0.05) is 32.4 Å². The molecule has 5 nitrogen and oxygen atoms in total. The zero-order chi connectivity index (χ0) is 16.3. The smallest absolute Gasteiger partial charge is 0.242 e. The monoisotopic (exact) mass is 341 g/mol. The number of anilines is 1. The van der Waals surface area contributed by atoms with Gasteiger partial charge in [0.2, 0.25) is 10.0 Å². The fourth-order valence-electron chi connectivity index (χ4n) is 2.54. The molecule has 0 radical (unpaired) electrons. The van der Waals surface area contributed by atoms with Crippen molar-refractivity contribution in [1.82, 2.24) is 9.21 Å². The second kappa shape index (κ2) is 6.93. The number of hydrogen-bond donors (Lipinski definition) is 1. The number of nitrogens with zero attached hydrogens (tertiary/aromatic N) is 2. The molecule has 1 aliphatic heterocycles. The van der Waals surface area contributed by atoms with Gasteiger partial charge in [-0.15, -0.1) is 0 Å². The van der Waals surface area contributed by atoms with Crippen LogP contribution in [0.2, 0.25) is 0 Å². The lowest BCUT2D eigenvalue weighted by Gasteiger charge is -2.35. The van der Waals surface area contributed by atoms with Crippen molar-refractivity contribution >= 4 is 33.0 Å². The Bertz CT molecular complexity index is 644. The van der Waals surface area contributed by atoms with Crippen molar-refractivity contribution in [2.75, 3.05) is 26.0 Å². The zero-order valence-electron chi connectivity index (χ0n) is 13.2. The minimum Gasteiger partial charge on any atom is -0.346 e. The van der Waals surface area contributed by atoms with Crippen molar-refractivity contribution in [2.24, 2.45) is 0 Å². The fourth-order valence-corrected chi connectivity index (χ4v) is 3.88. The van der Waals surface area contributed by atoms with Gasteiger partial charge in [-0.1, -0.05) is 6.07 Å². The van der Waals surface area contributed by atoms with Gasteiger partial charge in [0.25, 0.3) is 0 Å². The van der Waals surface area contributed by atoms with Gasteiger partial charge in [0.1, 0.15) is 0 Å². The lowest BCUT2D eigenvalue weighted by molar-refractivity contribution is 0.262. The maximum absolute atomic E-state index is 12.2. The topological polar surface area (TPSA) is 52.7 Å². The molecule has 1 atom stereocenters. The van der Waals surface area contributed by atoms with E-state index in [1.807, 2.05) is 6.07 Å². The van der Waals surface area contributed by atoms with Crippen LogP contribution >= 0.6 is 12.2 Å². The Balaban J connectivity index is 2.15. The highest BCUT2D eigenvalue weighted by molar-refractivity contribution is 7.89. The second-order valence-electron chi connectivity index (χ2n) is 5.78. The van der Waals surface area contributed by atoms with Gasteiger partial charge >= 0.3 is 0 Å². The summed E-state index contributed by atoms with van der Waals surface area (Å²) in [6.45, 7) is 3.11. The number of rotatable bonds is 3. The van der Waals surface area contributed by atoms with E-state index in [1.165, 1.54) is 24.8 Å². The zero-order valence-corrected chi connectivity index (χ0v) is 14.9. The van der Waals surface area contributed by atoms with Crippen molar-refractivity contribution < 1.29 is 8.42 Å². The van der Waals surface area contributed by atoms with Gasteiger partial charge in [-0.2, -0.15) is 0 Å². The summed E-state index contributed by atoms with van der Waals surface area (Å²) < 4.78 is 25.6. The average Bonchev–Trinajstić information content (AvgIpc) is 2.47. The van der Waals surface area contributed by atoms with Crippen LogP contribution in [0.3, 0.4) is 0 Å². The van der Waals surface area contributed by atoms with Gasteiger partial charge < -0.3 is 10.2 Å². The predicted molar refractivity (Wildman–Crippen MR) is 93.6 cm³/mol. The van der Waals surface area contributed by atoms with Gasteiger partial charge in [0.15, 0.2) is 5.11 Å². The number of thiocarbonyl (C=S) groups is 1. The Labute approximate surface area is 138 Å². The lowest BCUT2D eigenvalue weighted by atomic mass is 10.0. The molecule has 22 heavy (non-hydrogen) atoms. The number of hydrogen-bond acceptors (Lipinski definition) is 3. The molecule has 0 amide bonds. The molecule has 1 heterocycles. The van der Waals surface area contributed by atoms with Crippen LogP contribution in [-0.2, 0) is 10.0 Å². The molecule has 0 aliphatic carbocycles. The molecule has 122 valence electrons. The molecule has 0 spiro atoms. The standard InChI is InChI=1S/C15H23N3O2S2/c1-12-7-4-5-10-18(12)15(21)16-13-8-6-9-14(11-13)22(19,20)17(2)3/h6,8-9,11-12H,4-5,7,10H2,1-3H3,(H,16,21)/t12-/m0/s1. The normalized spacial score (nSPS) is 19.3. The Kier molecular flexibility index (Phi) is 5.41. The molecule has 1 aliphatic rings. The Hall–Kier alpha value is -1.18. The summed E-state index contributed by atoms with van der Waals surface area (Å²) in [6.07, 6.45) is 3.51. The van der Waals surface area contributed by atoms with E-state index in [4.69, 9.17) is 12.2 Å². The SMILES string of the molecule is C[C@H]1CCCCN1C(=S)Nc1cccc(S(=O)(=O)N(C)C)c1. The summed E-state index contributed by atoms with van der Waals surface area (Å²) in [5.74, 6) is 0. The van der Waals surface area contributed by atoms with Crippen molar-refractivity contribution in [3.05, 3.63) is 24.3 Å². The maximum Gasteiger partial charge on any atom is 0.242 e. The van der Waals surface area contributed by atoms with Crippen LogP contribution in [-0.4, -0.2) is 49.4 Å². The van der Waals surface area contributed by atoms with E-state index < -0.39 is 10.0 Å². The highest BCUT2D eigenvalue weighted by atomic mass is 32.2. The summed E-state index contributed by atoms with van der Waals surface area (Å²) in [5.41, 5.74) is 0.700. The van der Waals surface area contributed by atoms with Gasteiger partial charge in [-0.05, 0) is 56.6 Å². The van der Waals surface area contributed by atoms with Crippen LogP contribution in [0, 0.1) is 0 Å². The van der Waals surface area contributed by atoms with E-state index in [1.54, 1.807) is 18.2 Å². The van der Waals surface area contributed by atoms with E-state index in [0.29, 0.717) is 16.8 Å². The molecular weight excluding hydrogens is 318 g/mol. The molecule has 0 saturated carbocycles. The maximum atomic E-state index is 12.2. The first-order valence-corrected chi connectivity index (χ1v) is 9.27. The highest BCUT2D eigenvalue weighted by Gasteiger charge is 2.21. The number of nitrogens with one attached hydrogen (secondary N) is 1. The Morgan fingerprint density at radius 1 is 1.36 bits per heavy atom. The highest BCUT2D eigenvalue weighted by Crippen LogP contribution is 2.21. The number of piperidine rings is 1. The molecule has 1 saturated heterocycles. The average molecular weight is 342 g/mol. The summed E-state index contributed by atoms with van der Waals surface area (Å²) in [6, 6.07) is 7.18. The van der Waals surface area contributed by atoms with E-state index in [0.717, 1.165) is 19.4 Å². The van der Waals surface area contributed by atoms with Crippen LogP contribution in [0.15, 0.2) is 29.2 Å². The summed E-state index contributed by atoms with van der Waals surface area (Å²) >= 11 is 5.48. The van der Waals surface area contributed by atoms with Crippen molar-refractivity contribution in [3.8, 4) is 0 Å². The number of benzene rings is 1. The molecule has 7 heteroatoms. The van der Waals surface area contributed by atoms with E-state index in [2.05, 4.69) is 17.1 Å². The molecule has 1 aromatic rings. The predicted octanol–water partition coefficient (Wildman–Crippen LogP) is 2.51. The first-order chi connectivity index (χ1) is 10.3. The summed E-state index contributed by atoms with van der Waals surface area (Å²) in [5, 5.41) is 3.83. The second-order valence-corrected chi connectivity index (χ2v) is 8.32. The minimum absolute atomic E-state index is 0.261. The quantitative estimate of drug-likeness (QED) is 0.856. The Morgan fingerprint density at radius 3 is 2.73 bits per heavy atom. The molecule has 1 N–H and O–H groups in total. The Morgan fingerprint density at radius 2 is 2.09 bits per heavy atom. The molecular formula is C15H23N3O2S2. The van der Waals surface area contributed by atoms with Crippen LogP contribution in [0.4, 0.5) is 5.69 Å². The van der Waals surface area contributed by atoms with Crippen LogP contribution in [0.1, 0.15) is 26.2 Å². The minimum atomic E-state index is -3.43. The van der Waals surface area contributed by atoms with E-state index >= 15 is 0 Å². The van der Waals surface area contributed by atoms with Gasteiger partial charge in [-0.25, -0.2) is 12.7 Å². The van der Waals surface area contributed by atoms with Crippen LogP contribution in [0.25, 0.3) is 0 Å². The molecule has 0 unspecified atom stereocenters. The first-order valence-electron chi connectivity index (χ1n) is 7.42. The molecule has 1 aromatic carbocycles. The fraction of sp³-hybridized carbons (Fsp3) is 0.533. The summed E-state index contributed by atoms with van der Waals surface area (Å²) in [4.78, 5) is 2.43. The van der Waals surface area contributed by atoms with Crippen LogP contribution in [0.5, 0.6) is 0 Å². The third kappa shape index (κ3) is 3.77.